The summed E-state index contributed by atoms with van der Waals surface area (Å²) in [6.07, 6.45) is 1.57. The summed E-state index contributed by atoms with van der Waals surface area (Å²) >= 11 is 0. The Bertz CT molecular complexity index is 1400. The van der Waals surface area contributed by atoms with Crippen molar-refractivity contribution >= 4 is 17.5 Å². The molecule has 4 aromatic rings. The second kappa shape index (κ2) is 8.58. The largest absolute Gasteiger partial charge is 0.463 e. The number of carbonyl (C=O) groups is 2. The van der Waals surface area contributed by atoms with Gasteiger partial charge in [-0.15, -0.1) is 0 Å². The molecule has 1 atom stereocenters. The van der Waals surface area contributed by atoms with Gasteiger partial charge in [0.1, 0.15) is 16.9 Å². The zero-order valence-electron chi connectivity index (χ0n) is 20.3. The number of fused-ring (bicyclic) bond motifs is 1. The van der Waals surface area contributed by atoms with E-state index in [0.29, 0.717) is 29.4 Å². The highest BCUT2D eigenvalue weighted by Gasteiger charge is 2.49. The predicted molar refractivity (Wildman–Crippen MR) is 134 cm³/mol. The van der Waals surface area contributed by atoms with Crippen molar-refractivity contribution in [3.8, 4) is 11.5 Å². The van der Waals surface area contributed by atoms with Gasteiger partial charge in [-0.05, 0) is 68.7 Å². The van der Waals surface area contributed by atoms with E-state index in [1.807, 2.05) is 63.2 Å². The molecule has 2 amide bonds. The molecule has 0 radical (unpaired) electrons. The summed E-state index contributed by atoms with van der Waals surface area (Å²) in [6, 6.07) is 19.1. The third kappa shape index (κ3) is 4.03. The molecule has 35 heavy (non-hydrogen) atoms. The van der Waals surface area contributed by atoms with Crippen molar-refractivity contribution in [1.29, 1.82) is 0 Å². The lowest BCUT2D eigenvalue weighted by Crippen LogP contribution is -2.64. The van der Waals surface area contributed by atoms with Crippen LogP contribution in [0.3, 0.4) is 0 Å². The molecule has 0 fully saturated rings. The Morgan fingerprint density at radius 2 is 1.83 bits per heavy atom. The van der Waals surface area contributed by atoms with Crippen LogP contribution in [0.5, 0.6) is 0 Å². The minimum Gasteiger partial charge on any atom is -0.463 e. The van der Waals surface area contributed by atoms with Crippen LogP contribution in [0.4, 0.5) is 5.69 Å². The molecule has 7 heteroatoms. The van der Waals surface area contributed by atoms with Gasteiger partial charge in [-0.1, -0.05) is 35.9 Å². The smallest absolute Gasteiger partial charge is 0.277 e. The number of carbonyl (C=O) groups excluding carboxylic acids is 2. The molecule has 1 unspecified atom stereocenters. The molecule has 2 aromatic heterocycles. The summed E-state index contributed by atoms with van der Waals surface area (Å²) in [5.74, 6) is 0.0473. The second-order valence-corrected chi connectivity index (χ2v) is 9.40. The van der Waals surface area contributed by atoms with Crippen molar-refractivity contribution in [3.63, 3.8) is 0 Å². The lowest BCUT2D eigenvalue weighted by atomic mass is 9.93. The Morgan fingerprint density at radius 1 is 1.06 bits per heavy atom. The van der Waals surface area contributed by atoms with Crippen LogP contribution in [-0.2, 0) is 17.9 Å². The van der Waals surface area contributed by atoms with Crippen molar-refractivity contribution in [2.75, 3.05) is 4.90 Å². The third-order valence-corrected chi connectivity index (χ3v) is 6.74. The molecular formula is C28H28N4O3. The van der Waals surface area contributed by atoms with E-state index in [0.717, 1.165) is 22.3 Å². The predicted octanol–water partition coefficient (Wildman–Crippen LogP) is 4.80. The third-order valence-electron chi connectivity index (χ3n) is 6.74. The minimum atomic E-state index is -1.19. The Balaban J connectivity index is 1.54. The molecule has 3 heterocycles. The maximum atomic E-state index is 13.9. The fraction of sp³-hybridized carbons (Fsp3) is 0.250. The number of rotatable bonds is 5. The molecule has 0 saturated carbocycles. The van der Waals surface area contributed by atoms with Gasteiger partial charge in [0, 0.05) is 18.3 Å². The number of aryl methyl sites for hydroxylation is 3. The molecule has 0 spiro atoms. The quantitative estimate of drug-likeness (QED) is 0.456. The SMILES string of the molecule is Cc1ccc(CNC(=O)C2(C)Cn3nc(-c4ccco4)cc3C(=O)N2c2ccc(C)c(C)c2)cc1. The summed E-state index contributed by atoms with van der Waals surface area (Å²) in [5, 5.41) is 7.65. The minimum absolute atomic E-state index is 0.210. The van der Waals surface area contributed by atoms with Crippen LogP contribution in [-0.4, -0.2) is 27.1 Å². The molecule has 2 aromatic carbocycles. The van der Waals surface area contributed by atoms with E-state index >= 15 is 0 Å². The van der Waals surface area contributed by atoms with Crippen LogP contribution in [0.2, 0.25) is 0 Å². The Morgan fingerprint density at radius 3 is 2.51 bits per heavy atom. The molecule has 0 saturated heterocycles. The Hall–Kier alpha value is -4.13. The fourth-order valence-electron chi connectivity index (χ4n) is 4.47. The number of hydrogen-bond acceptors (Lipinski definition) is 4. The molecule has 178 valence electrons. The van der Waals surface area contributed by atoms with E-state index in [2.05, 4.69) is 10.4 Å². The molecule has 1 N–H and O–H groups in total. The molecular weight excluding hydrogens is 440 g/mol. The van der Waals surface area contributed by atoms with Crippen molar-refractivity contribution in [1.82, 2.24) is 15.1 Å². The molecule has 5 rings (SSSR count). The van der Waals surface area contributed by atoms with Crippen molar-refractivity contribution in [2.45, 2.75) is 46.3 Å². The van der Waals surface area contributed by atoms with E-state index < -0.39 is 5.54 Å². The zero-order valence-corrected chi connectivity index (χ0v) is 20.3. The summed E-state index contributed by atoms with van der Waals surface area (Å²) in [7, 11) is 0. The average molecular weight is 469 g/mol. The number of benzene rings is 2. The number of anilines is 1. The summed E-state index contributed by atoms with van der Waals surface area (Å²) < 4.78 is 7.10. The summed E-state index contributed by atoms with van der Waals surface area (Å²) in [6.45, 7) is 8.42. The van der Waals surface area contributed by atoms with E-state index in [1.54, 1.807) is 41.0 Å². The number of hydrogen-bond donors (Lipinski definition) is 1. The first-order valence-corrected chi connectivity index (χ1v) is 11.6. The van der Waals surface area contributed by atoms with Crippen LogP contribution in [0.25, 0.3) is 11.5 Å². The van der Waals surface area contributed by atoms with Gasteiger partial charge in [0.15, 0.2) is 5.76 Å². The monoisotopic (exact) mass is 468 g/mol. The molecule has 1 aliphatic heterocycles. The molecule has 7 nitrogen and oxygen atoms in total. The number of nitrogens with zero attached hydrogens (tertiary/aromatic N) is 3. The second-order valence-electron chi connectivity index (χ2n) is 9.40. The lowest BCUT2D eigenvalue weighted by Gasteiger charge is -2.43. The number of nitrogens with one attached hydrogen (secondary N) is 1. The van der Waals surface area contributed by atoms with Gasteiger partial charge < -0.3 is 9.73 Å². The first kappa shape index (κ1) is 22.7. The topological polar surface area (TPSA) is 80.4 Å². The summed E-state index contributed by atoms with van der Waals surface area (Å²) in [5.41, 5.74) is 4.78. The molecule has 0 aliphatic carbocycles. The summed E-state index contributed by atoms with van der Waals surface area (Å²) in [4.78, 5) is 29.2. The average Bonchev–Trinajstić information content (AvgIpc) is 3.51. The number of amides is 2. The highest BCUT2D eigenvalue weighted by molar-refractivity contribution is 6.12. The maximum Gasteiger partial charge on any atom is 0.277 e. The van der Waals surface area contributed by atoms with Crippen LogP contribution in [0, 0.1) is 20.8 Å². The Labute approximate surface area is 204 Å². The maximum absolute atomic E-state index is 13.9. The highest BCUT2D eigenvalue weighted by atomic mass is 16.3. The zero-order chi connectivity index (χ0) is 24.7. The normalized spacial score (nSPS) is 17.4. The van der Waals surface area contributed by atoms with Gasteiger partial charge in [0.2, 0.25) is 5.91 Å². The van der Waals surface area contributed by atoms with Crippen molar-refractivity contribution in [2.24, 2.45) is 0 Å². The molecule has 1 aliphatic rings. The van der Waals surface area contributed by atoms with Gasteiger partial charge in [0.05, 0.1) is 12.8 Å². The van der Waals surface area contributed by atoms with Crippen LogP contribution < -0.4 is 10.2 Å². The van der Waals surface area contributed by atoms with Crippen molar-refractivity contribution < 1.29 is 14.0 Å². The molecule has 0 bridgehead atoms. The first-order chi connectivity index (χ1) is 16.8. The van der Waals surface area contributed by atoms with E-state index in [1.165, 1.54) is 0 Å². The first-order valence-electron chi connectivity index (χ1n) is 11.6. The van der Waals surface area contributed by atoms with Crippen LogP contribution in [0.15, 0.2) is 71.3 Å². The highest BCUT2D eigenvalue weighted by Crippen LogP contribution is 2.35. The fourth-order valence-corrected chi connectivity index (χ4v) is 4.47. The van der Waals surface area contributed by atoms with Crippen molar-refractivity contribution in [3.05, 3.63) is 94.9 Å². The van der Waals surface area contributed by atoms with E-state index in [4.69, 9.17) is 4.42 Å². The lowest BCUT2D eigenvalue weighted by molar-refractivity contribution is -0.126. The Kier molecular flexibility index (Phi) is 5.55. The number of furan rings is 1. The van der Waals surface area contributed by atoms with Gasteiger partial charge in [-0.3, -0.25) is 19.2 Å². The number of aromatic nitrogens is 2. The standard InChI is InChI=1S/C28H28N4O3/c1-18-7-10-21(11-8-18)16-29-27(34)28(4)17-31-24(15-23(30-31)25-6-5-13-35-25)26(33)32(28)22-12-9-19(2)20(3)14-22/h5-15H,16-17H2,1-4H3,(H,29,34). The van der Waals surface area contributed by atoms with Crippen LogP contribution >= 0.6 is 0 Å². The van der Waals surface area contributed by atoms with Gasteiger partial charge in [-0.2, -0.15) is 5.10 Å². The van der Waals surface area contributed by atoms with E-state index in [9.17, 15) is 9.59 Å². The van der Waals surface area contributed by atoms with Gasteiger partial charge in [-0.25, -0.2) is 0 Å². The van der Waals surface area contributed by atoms with Gasteiger partial charge >= 0.3 is 0 Å². The van der Waals surface area contributed by atoms with Gasteiger partial charge in [0.25, 0.3) is 5.91 Å². The van der Waals surface area contributed by atoms with E-state index in [-0.39, 0.29) is 18.4 Å². The van der Waals surface area contributed by atoms with Crippen LogP contribution in [0.1, 0.15) is 39.7 Å².